The number of nitrogens with zero attached hydrogens (tertiary/aromatic N) is 4. The Morgan fingerprint density at radius 3 is 2.67 bits per heavy atom. The fourth-order valence-electron chi connectivity index (χ4n) is 3.31. The first-order valence-electron chi connectivity index (χ1n) is 8.13. The van der Waals surface area contributed by atoms with E-state index in [9.17, 15) is 0 Å². The molecule has 0 bridgehead atoms. The summed E-state index contributed by atoms with van der Waals surface area (Å²) in [4.78, 5) is 4.91. The monoisotopic (exact) mass is 287 g/mol. The van der Waals surface area contributed by atoms with Gasteiger partial charge in [-0.1, -0.05) is 19.8 Å². The Balaban J connectivity index is 2.02. The zero-order valence-corrected chi connectivity index (χ0v) is 13.0. The maximum absolute atomic E-state index is 6.40. The molecule has 0 aliphatic heterocycles. The highest BCUT2D eigenvalue weighted by molar-refractivity contribution is 5.70. The molecular formula is C16H25N5. The van der Waals surface area contributed by atoms with E-state index in [4.69, 9.17) is 10.7 Å². The van der Waals surface area contributed by atoms with Crippen molar-refractivity contribution in [2.75, 3.05) is 5.73 Å². The highest BCUT2D eigenvalue weighted by atomic mass is 15.3. The van der Waals surface area contributed by atoms with Crippen molar-refractivity contribution in [2.45, 2.75) is 65.0 Å². The van der Waals surface area contributed by atoms with Gasteiger partial charge in [-0.25, -0.2) is 4.98 Å². The Hall–Kier alpha value is -1.78. The minimum Gasteiger partial charge on any atom is -0.383 e. The van der Waals surface area contributed by atoms with Crippen molar-refractivity contribution >= 4 is 5.82 Å². The number of aryl methyl sites for hydroxylation is 1. The molecule has 1 aliphatic rings. The molecule has 5 nitrogen and oxygen atoms in total. The van der Waals surface area contributed by atoms with Crippen LogP contribution in [0.3, 0.4) is 0 Å². The van der Waals surface area contributed by atoms with Crippen LogP contribution in [0.5, 0.6) is 0 Å². The average Bonchev–Trinajstić information content (AvgIpc) is 3.20. The van der Waals surface area contributed by atoms with Gasteiger partial charge in [0.2, 0.25) is 0 Å². The molecule has 1 fully saturated rings. The van der Waals surface area contributed by atoms with Crippen LogP contribution in [0.1, 0.15) is 57.7 Å². The Morgan fingerprint density at radius 2 is 2.05 bits per heavy atom. The van der Waals surface area contributed by atoms with E-state index in [2.05, 4.69) is 23.5 Å². The van der Waals surface area contributed by atoms with Crippen LogP contribution >= 0.6 is 0 Å². The predicted molar refractivity (Wildman–Crippen MR) is 85.0 cm³/mol. The smallest absolute Gasteiger partial charge is 0.131 e. The molecule has 114 valence electrons. The second-order valence-corrected chi connectivity index (χ2v) is 5.92. The van der Waals surface area contributed by atoms with Crippen LogP contribution in [0, 0.1) is 0 Å². The molecule has 2 aromatic rings. The Labute approximate surface area is 126 Å². The van der Waals surface area contributed by atoms with Crippen molar-refractivity contribution in [2.24, 2.45) is 0 Å². The van der Waals surface area contributed by atoms with Crippen molar-refractivity contribution in [1.29, 1.82) is 0 Å². The van der Waals surface area contributed by atoms with Crippen molar-refractivity contribution in [3.8, 4) is 11.3 Å². The van der Waals surface area contributed by atoms with Gasteiger partial charge in [-0.3, -0.25) is 4.68 Å². The number of aromatic nitrogens is 4. The minimum atomic E-state index is 0.578. The van der Waals surface area contributed by atoms with Crippen molar-refractivity contribution in [3.63, 3.8) is 0 Å². The van der Waals surface area contributed by atoms with Crippen LogP contribution in [0.15, 0.2) is 12.4 Å². The zero-order valence-electron chi connectivity index (χ0n) is 13.0. The summed E-state index contributed by atoms with van der Waals surface area (Å²) in [5.74, 6) is 2.56. The molecule has 0 aromatic carbocycles. The quantitative estimate of drug-likeness (QED) is 0.916. The largest absolute Gasteiger partial charge is 0.383 e. The van der Waals surface area contributed by atoms with Gasteiger partial charge in [-0.15, -0.1) is 0 Å². The van der Waals surface area contributed by atoms with Gasteiger partial charge in [-0.2, -0.15) is 5.10 Å². The third-order valence-electron chi connectivity index (χ3n) is 4.43. The molecule has 0 amide bonds. The normalized spacial score (nSPS) is 15.9. The fraction of sp³-hybridized carbons (Fsp3) is 0.625. The summed E-state index contributed by atoms with van der Waals surface area (Å²) in [7, 11) is 0. The number of hydrogen-bond donors (Lipinski definition) is 1. The van der Waals surface area contributed by atoms with Crippen molar-refractivity contribution in [3.05, 3.63) is 18.2 Å². The molecule has 1 aliphatic carbocycles. The molecule has 0 saturated heterocycles. The minimum absolute atomic E-state index is 0.578. The molecule has 0 spiro atoms. The fourth-order valence-corrected chi connectivity index (χ4v) is 3.31. The molecule has 2 N–H and O–H groups in total. The molecule has 0 radical (unpaired) electrons. The van der Waals surface area contributed by atoms with Crippen LogP contribution in [-0.2, 0) is 13.1 Å². The van der Waals surface area contributed by atoms with Crippen molar-refractivity contribution < 1.29 is 0 Å². The third kappa shape index (κ3) is 2.57. The number of hydrogen-bond acceptors (Lipinski definition) is 3. The third-order valence-corrected chi connectivity index (χ3v) is 4.43. The maximum Gasteiger partial charge on any atom is 0.131 e. The standard InChI is InChI=1S/C16H25N5/c1-3-9-21-15(17)14(13-10-18-20(4-2)11-13)19-16(21)12-7-5-6-8-12/h10-12H,3-9,17H2,1-2H3. The average molecular weight is 287 g/mol. The Bertz CT molecular complexity index is 604. The number of rotatable bonds is 5. The SMILES string of the molecule is CCCn1c(C2CCCC2)nc(-c2cnn(CC)c2)c1N. The van der Waals surface area contributed by atoms with Gasteiger partial charge in [0, 0.05) is 30.8 Å². The molecule has 1 saturated carbocycles. The van der Waals surface area contributed by atoms with E-state index < -0.39 is 0 Å². The van der Waals surface area contributed by atoms with Gasteiger partial charge in [0.05, 0.1) is 6.20 Å². The lowest BCUT2D eigenvalue weighted by Gasteiger charge is -2.12. The van der Waals surface area contributed by atoms with Crippen LogP contribution in [0.25, 0.3) is 11.3 Å². The van der Waals surface area contributed by atoms with E-state index >= 15 is 0 Å². The van der Waals surface area contributed by atoms with E-state index in [-0.39, 0.29) is 0 Å². The lowest BCUT2D eigenvalue weighted by Crippen LogP contribution is -2.09. The first-order valence-corrected chi connectivity index (χ1v) is 8.13. The van der Waals surface area contributed by atoms with Crippen LogP contribution in [0.2, 0.25) is 0 Å². The molecule has 21 heavy (non-hydrogen) atoms. The van der Waals surface area contributed by atoms with Crippen molar-refractivity contribution in [1.82, 2.24) is 19.3 Å². The number of imidazole rings is 1. The predicted octanol–water partition coefficient (Wildman–Crippen LogP) is 3.42. The molecular weight excluding hydrogens is 262 g/mol. The number of nitrogens with two attached hydrogens (primary N) is 1. The van der Waals surface area contributed by atoms with Crippen LogP contribution < -0.4 is 5.73 Å². The Kier molecular flexibility index (Phi) is 3.99. The van der Waals surface area contributed by atoms with Gasteiger partial charge in [0.1, 0.15) is 17.3 Å². The summed E-state index contributed by atoms with van der Waals surface area (Å²) >= 11 is 0. The van der Waals surface area contributed by atoms with Gasteiger partial charge in [0.25, 0.3) is 0 Å². The van der Waals surface area contributed by atoms with Gasteiger partial charge >= 0.3 is 0 Å². The summed E-state index contributed by atoms with van der Waals surface area (Å²) in [5.41, 5.74) is 8.34. The van der Waals surface area contributed by atoms with E-state index in [1.165, 1.54) is 31.5 Å². The summed E-state index contributed by atoms with van der Waals surface area (Å²) < 4.78 is 4.15. The Morgan fingerprint density at radius 1 is 1.29 bits per heavy atom. The molecule has 0 unspecified atom stereocenters. The van der Waals surface area contributed by atoms with Gasteiger partial charge < -0.3 is 10.3 Å². The topological polar surface area (TPSA) is 61.7 Å². The summed E-state index contributed by atoms with van der Waals surface area (Å²) in [6.45, 7) is 6.09. The van der Waals surface area contributed by atoms with Crippen LogP contribution in [-0.4, -0.2) is 19.3 Å². The summed E-state index contributed by atoms with van der Waals surface area (Å²) in [6.07, 6.45) is 10.1. The summed E-state index contributed by atoms with van der Waals surface area (Å²) in [6, 6.07) is 0. The van der Waals surface area contributed by atoms with Crippen LogP contribution in [0.4, 0.5) is 5.82 Å². The second kappa shape index (κ2) is 5.92. The van der Waals surface area contributed by atoms with Gasteiger partial charge in [-0.05, 0) is 26.2 Å². The van der Waals surface area contributed by atoms with Gasteiger partial charge in [0.15, 0.2) is 0 Å². The number of anilines is 1. The molecule has 3 rings (SSSR count). The molecule has 2 aromatic heterocycles. The molecule has 5 heteroatoms. The van der Waals surface area contributed by atoms with E-state index in [1.54, 1.807) is 0 Å². The molecule has 0 atom stereocenters. The first-order chi connectivity index (χ1) is 10.2. The number of nitrogen functional groups attached to an aromatic ring is 1. The lowest BCUT2D eigenvalue weighted by molar-refractivity contribution is 0.579. The van der Waals surface area contributed by atoms with E-state index in [1.807, 2.05) is 17.1 Å². The second-order valence-electron chi connectivity index (χ2n) is 5.92. The highest BCUT2D eigenvalue weighted by Crippen LogP contribution is 2.37. The lowest BCUT2D eigenvalue weighted by atomic mass is 10.1. The highest BCUT2D eigenvalue weighted by Gasteiger charge is 2.25. The first kappa shape index (κ1) is 14.2. The summed E-state index contributed by atoms with van der Waals surface area (Å²) in [5, 5.41) is 4.35. The van der Waals surface area contributed by atoms with E-state index in [0.717, 1.165) is 36.6 Å². The molecule has 2 heterocycles. The van der Waals surface area contributed by atoms with E-state index in [0.29, 0.717) is 5.92 Å². The zero-order chi connectivity index (χ0) is 14.8. The maximum atomic E-state index is 6.40.